The van der Waals surface area contributed by atoms with Crippen molar-refractivity contribution >= 4 is 16.9 Å². The SMILES string of the molecule is C=CCn1cc(C(O)C(=O)OCC)c2cc(OC)ccc21. The molecule has 1 aromatic heterocycles. The lowest BCUT2D eigenvalue weighted by atomic mass is 10.1. The predicted octanol–water partition coefficient (Wildman–Crippen LogP) is 2.43. The Morgan fingerprint density at radius 2 is 2.29 bits per heavy atom. The number of nitrogens with zero attached hydrogens (tertiary/aromatic N) is 1. The highest BCUT2D eigenvalue weighted by molar-refractivity contribution is 5.90. The van der Waals surface area contributed by atoms with Gasteiger partial charge in [0.2, 0.25) is 0 Å². The molecule has 112 valence electrons. The van der Waals surface area contributed by atoms with Crippen LogP contribution in [0.1, 0.15) is 18.6 Å². The van der Waals surface area contributed by atoms with Crippen molar-refractivity contribution in [3.05, 3.63) is 42.6 Å². The number of hydrogen-bond donors (Lipinski definition) is 1. The Labute approximate surface area is 123 Å². The van der Waals surface area contributed by atoms with Gasteiger partial charge in [-0.25, -0.2) is 4.79 Å². The minimum atomic E-state index is -1.31. The molecule has 0 aliphatic rings. The van der Waals surface area contributed by atoms with Crippen molar-refractivity contribution in [2.24, 2.45) is 0 Å². The Morgan fingerprint density at radius 3 is 2.90 bits per heavy atom. The Kier molecular flexibility index (Phi) is 4.65. The molecule has 0 spiro atoms. The van der Waals surface area contributed by atoms with E-state index in [1.807, 2.05) is 16.7 Å². The Bertz CT molecular complexity index is 660. The van der Waals surface area contributed by atoms with Crippen LogP contribution in [0.25, 0.3) is 10.9 Å². The molecule has 1 atom stereocenters. The maximum atomic E-state index is 11.8. The van der Waals surface area contributed by atoms with Crippen LogP contribution in [0.5, 0.6) is 5.75 Å². The number of ether oxygens (including phenoxy) is 2. The molecule has 5 nitrogen and oxygen atoms in total. The number of esters is 1. The maximum absolute atomic E-state index is 11.8. The van der Waals surface area contributed by atoms with E-state index in [9.17, 15) is 9.90 Å². The predicted molar refractivity (Wildman–Crippen MR) is 80.3 cm³/mol. The molecular weight excluding hydrogens is 270 g/mol. The molecule has 2 aromatic rings. The smallest absolute Gasteiger partial charge is 0.339 e. The fourth-order valence-electron chi connectivity index (χ4n) is 2.29. The zero-order chi connectivity index (χ0) is 15.4. The van der Waals surface area contributed by atoms with Gasteiger partial charge in [-0.15, -0.1) is 6.58 Å². The third-order valence-corrected chi connectivity index (χ3v) is 3.25. The summed E-state index contributed by atoms with van der Waals surface area (Å²) in [5.41, 5.74) is 1.40. The average molecular weight is 289 g/mol. The molecule has 0 amide bonds. The lowest BCUT2D eigenvalue weighted by Crippen LogP contribution is -2.15. The first kappa shape index (κ1) is 15.1. The van der Waals surface area contributed by atoms with Crippen molar-refractivity contribution < 1.29 is 19.4 Å². The van der Waals surface area contributed by atoms with Crippen LogP contribution in [-0.2, 0) is 16.1 Å². The fraction of sp³-hybridized carbons (Fsp3) is 0.312. The standard InChI is InChI=1S/C16H19NO4/c1-4-8-17-10-13(15(18)16(19)21-5-2)12-9-11(20-3)6-7-14(12)17/h4,6-7,9-10,15,18H,1,5,8H2,2-3H3. The Balaban J connectivity index is 2.55. The average Bonchev–Trinajstić information content (AvgIpc) is 2.85. The van der Waals surface area contributed by atoms with Crippen LogP contribution in [0, 0.1) is 0 Å². The van der Waals surface area contributed by atoms with Gasteiger partial charge in [-0.1, -0.05) is 6.08 Å². The number of aliphatic hydroxyl groups excluding tert-OH is 1. The van der Waals surface area contributed by atoms with E-state index >= 15 is 0 Å². The highest BCUT2D eigenvalue weighted by Crippen LogP contribution is 2.30. The van der Waals surface area contributed by atoms with E-state index in [4.69, 9.17) is 9.47 Å². The third kappa shape index (κ3) is 2.92. The highest BCUT2D eigenvalue weighted by atomic mass is 16.5. The van der Waals surface area contributed by atoms with E-state index in [-0.39, 0.29) is 6.61 Å². The number of aromatic nitrogens is 1. The van der Waals surface area contributed by atoms with Gasteiger partial charge in [0.05, 0.1) is 13.7 Å². The Morgan fingerprint density at radius 1 is 1.52 bits per heavy atom. The molecule has 2 rings (SSSR count). The summed E-state index contributed by atoms with van der Waals surface area (Å²) in [6.45, 7) is 6.23. The number of benzene rings is 1. The molecule has 21 heavy (non-hydrogen) atoms. The summed E-state index contributed by atoms with van der Waals surface area (Å²) in [7, 11) is 1.57. The highest BCUT2D eigenvalue weighted by Gasteiger charge is 2.23. The van der Waals surface area contributed by atoms with Gasteiger partial charge in [0, 0.05) is 29.2 Å². The van der Waals surface area contributed by atoms with Crippen molar-refractivity contribution in [1.29, 1.82) is 0 Å². The van der Waals surface area contributed by atoms with Crippen LogP contribution in [0.15, 0.2) is 37.1 Å². The van der Waals surface area contributed by atoms with Crippen LogP contribution in [0.2, 0.25) is 0 Å². The van der Waals surface area contributed by atoms with Crippen molar-refractivity contribution in [2.45, 2.75) is 19.6 Å². The summed E-state index contributed by atoms with van der Waals surface area (Å²) in [4.78, 5) is 11.8. The number of allylic oxidation sites excluding steroid dienone is 1. The van der Waals surface area contributed by atoms with E-state index in [1.54, 1.807) is 32.4 Å². The van der Waals surface area contributed by atoms with Gasteiger partial charge in [0.15, 0.2) is 6.10 Å². The molecule has 0 saturated heterocycles. The number of hydrogen-bond acceptors (Lipinski definition) is 4. The minimum Gasteiger partial charge on any atom is -0.497 e. The van der Waals surface area contributed by atoms with Crippen molar-refractivity contribution in [2.75, 3.05) is 13.7 Å². The van der Waals surface area contributed by atoms with Crippen LogP contribution in [0.3, 0.4) is 0 Å². The van der Waals surface area contributed by atoms with Crippen molar-refractivity contribution in [3.8, 4) is 5.75 Å². The second kappa shape index (κ2) is 6.45. The van der Waals surface area contributed by atoms with Crippen LogP contribution >= 0.6 is 0 Å². The summed E-state index contributed by atoms with van der Waals surface area (Å²) >= 11 is 0. The minimum absolute atomic E-state index is 0.227. The molecule has 1 heterocycles. The lowest BCUT2D eigenvalue weighted by Gasteiger charge is -2.08. The van der Waals surface area contributed by atoms with Crippen LogP contribution in [-0.4, -0.2) is 29.4 Å². The third-order valence-electron chi connectivity index (χ3n) is 3.25. The molecule has 0 aliphatic carbocycles. The fourth-order valence-corrected chi connectivity index (χ4v) is 2.29. The second-order valence-corrected chi connectivity index (χ2v) is 4.56. The topological polar surface area (TPSA) is 60.7 Å². The zero-order valence-corrected chi connectivity index (χ0v) is 12.2. The van der Waals surface area contributed by atoms with Crippen molar-refractivity contribution in [1.82, 2.24) is 4.57 Å². The van der Waals surface area contributed by atoms with Crippen LogP contribution in [0.4, 0.5) is 0 Å². The van der Waals surface area contributed by atoms with Gasteiger partial charge in [-0.05, 0) is 25.1 Å². The van der Waals surface area contributed by atoms with Gasteiger partial charge in [-0.3, -0.25) is 0 Å². The monoisotopic (exact) mass is 289 g/mol. The molecule has 0 fully saturated rings. The largest absolute Gasteiger partial charge is 0.497 e. The van der Waals surface area contributed by atoms with Crippen molar-refractivity contribution in [3.63, 3.8) is 0 Å². The van der Waals surface area contributed by atoms with Gasteiger partial charge in [-0.2, -0.15) is 0 Å². The molecular formula is C16H19NO4. The maximum Gasteiger partial charge on any atom is 0.339 e. The van der Waals surface area contributed by atoms with Crippen LogP contribution < -0.4 is 4.74 Å². The first-order chi connectivity index (χ1) is 10.1. The summed E-state index contributed by atoms with van der Waals surface area (Å²) in [5.74, 6) is 0.00846. The van der Waals surface area contributed by atoms with Gasteiger partial charge in [0.25, 0.3) is 0 Å². The molecule has 1 aromatic carbocycles. The Hall–Kier alpha value is -2.27. The van der Waals surface area contributed by atoms with Gasteiger partial charge < -0.3 is 19.1 Å². The number of methoxy groups -OCH3 is 1. The second-order valence-electron chi connectivity index (χ2n) is 4.56. The molecule has 0 saturated carbocycles. The quantitative estimate of drug-likeness (QED) is 0.655. The van der Waals surface area contributed by atoms with E-state index < -0.39 is 12.1 Å². The lowest BCUT2D eigenvalue weighted by molar-refractivity contribution is -0.153. The number of rotatable bonds is 6. The summed E-state index contributed by atoms with van der Waals surface area (Å²) < 4.78 is 12.0. The molecule has 1 N–H and O–H groups in total. The number of carbonyl (C=O) groups excluding carboxylic acids is 1. The summed E-state index contributed by atoms with van der Waals surface area (Å²) in [5, 5.41) is 11.0. The molecule has 1 unspecified atom stereocenters. The molecule has 5 heteroatoms. The molecule has 0 aliphatic heterocycles. The van der Waals surface area contributed by atoms with E-state index in [2.05, 4.69) is 6.58 Å². The summed E-state index contributed by atoms with van der Waals surface area (Å²) in [6, 6.07) is 5.52. The van der Waals surface area contributed by atoms with Gasteiger partial charge in [0.1, 0.15) is 5.75 Å². The normalized spacial score (nSPS) is 12.1. The zero-order valence-electron chi connectivity index (χ0n) is 12.2. The molecule has 0 bridgehead atoms. The van der Waals surface area contributed by atoms with Gasteiger partial charge >= 0.3 is 5.97 Å². The van der Waals surface area contributed by atoms with E-state index in [0.29, 0.717) is 17.9 Å². The van der Waals surface area contributed by atoms with E-state index in [1.165, 1.54) is 0 Å². The molecule has 0 radical (unpaired) electrons. The summed E-state index contributed by atoms with van der Waals surface area (Å²) in [6.07, 6.45) is 2.18. The number of carbonyl (C=O) groups is 1. The number of aliphatic hydroxyl groups is 1. The number of fused-ring (bicyclic) bond motifs is 1. The first-order valence-electron chi connectivity index (χ1n) is 6.74. The first-order valence-corrected chi connectivity index (χ1v) is 6.74. The van der Waals surface area contributed by atoms with E-state index in [0.717, 1.165) is 10.9 Å².